The zero-order chi connectivity index (χ0) is 15.8. The first-order chi connectivity index (χ1) is 11.2. The maximum Gasteiger partial charge on any atom is 0.280 e. The Bertz CT molecular complexity index is 851. The van der Waals surface area contributed by atoms with Crippen LogP contribution in [0, 0.1) is 0 Å². The lowest BCUT2D eigenvalue weighted by Gasteiger charge is -2.29. The average Bonchev–Trinajstić information content (AvgIpc) is 3.25. The number of para-hydroxylation sites is 1. The lowest BCUT2D eigenvalue weighted by atomic mass is 10.0. The molecule has 0 saturated heterocycles. The van der Waals surface area contributed by atoms with E-state index in [4.69, 9.17) is 8.94 Å². The smallest absolute Gasteiger partial charge is 0.280 e. The Morgan fingerprint density at radius 3 is 2.96 bits per heavy atom. The molecule has 0 spiro atoms. The number of aromatic hydroxyl groups is 1. The number of benzene rings is 1. The van der Waals surface area contributed by atoms with Crippen molar-refractivity contribution in [2.75, 3.05) is 11.4 Å². The molecule has 23 heavy (non-hydrogen) atoms. The van der Waals surface area contributed by atoms with Crippen LogP contribution >= 0.6 is 0 Å². The zero-order valence-electron chi connectivity index (χ0n) is 12.2. The molecular formula is C17H14N2O4. The molecule has 2 aromatic heterocycles. The number of phenolic OH excluding ortho intramolecular Hbond substituents is 1. The second-order valence-corrected chi connectivity index (χ2v) is 5.40. The van der Waals surface area contributed by atoms with Crippen LogP contribution in [0.5, 0.6) is 5.75 Å². The molecule has 1 aromatic carbocycles. The van der Waals surface area contributed by atoms with Crippen molar-refractivity contribution in [2.45, 2.75) is 12.8 Å². The first kappa shape index (κ1) is 13.6. The molecule has 6 heteroatoms. The van der Waals surface area contributed by atoms with Gasteiger partial charge in [-0.2, -0.15) is 0 Å². The van der Waals surface area contributed by atoms with Gasteiger partial charge in [0.2, 0.25) is 5.76 Å². The van der Waals surface area contributed by atoms with E-state index in [0.717, 1.165) is 18.4 Å². The van der Waals surface area contributed by atoms with Gasteiger partial charge < -0.3 is 18.9 Å². The van der Waals surface area contributed by atoms with Gasteiger partial charge in [-0.3, -0.25) is 4.79 Å². The van der Waals surface area contributed by atoms with Gasteiger partial charge in [0.05, 0.1) is 12.0 Å². The number of hydrogen-bond donors (Lipinski definition) is 1. The highest BCUT2D eigenvalue weighted by Gasteiger charge is 2.28. The number of fused-ring (bicyclic) bond motifs is 1. The highest BCUT2D eigenvalue weighted by Crippen LogP contribution is 2.36. The van der Waals surface area contributed by atoms with Crippen LogP contribution in [-0.2, 0) is 6.42 Å². The van der Waals surface area contributed by atoms with E-state index < -0.39 is 0 Å². The lowest BCUT2D eigenvalue weighted by Crippen LogP contribution is -2.35. The molecule has 1 aliphatic heterocycles. The van der Waals surface area contributed by atoms with Crippen molar-refractivity contribution >= 4 is 11.6 Å². The number of carbonyl (C=O) groups is 1. The van der Waals surface area contributed by atoms with Gasteiger partial charge >= 0.3 is 0 Å². The van der Waals surface area contributed by atoms with Crippen molar-refractivity contribution in [1.82, 2.24) is 5.16 Å². The summed E-state index contributed by atoms with van der Waals surface area (Å²) >= 11 is 0. The van der Waals surface area contributed by atoms with Crippen LogP contribution in [-0.4, -0.2) is 22.7 Å². The fourth-order valence-corrected chi connectivity index (χ4v) is 2.88. The van der Waals surface area contributed by atoms with Gasteiger partial charge in [0.15, 0.2) is 11.5 Å². The molecule has 116 valence electrons. The number of anilines is 1. The summed E-state index contributed by atoms with van der Waals surface area (Å²) in [7, 11) is 0. The Balaban J connectivity index is 1.69. The van der Waals surface area contributed by atoms with E-state index in [1.165, 1.54) is 6.26 Å². The quantitative estimate of drug-likeness (QED) is 0.786. The van der Waals surface area contributed by atoms with E-state index in [1.54, 1.807) is 35.2 Å². The molecule has 1 amide bonds. The van der Waals surface area contributed by atoms with Gasteiger partial charge in [-0.1, -0.05) is 17.3 Å². The predicted molar refractivity (Wildman–Crippen MR) is 82.3 cm³/mol. The largest absolute Gasteiger partial charge is 0.506 e. The van der Waals surface area contributed by atoms with Crippen molar-refractivity contribution < 1.29 is 18.8 Å². The van der Waals surface area contributed by atoms with Crippen LogP contribution in [0.2, 0.25) is 0 Å². The van der Waals surface area contributed by atoms with Gasteiger partial charge in [0, 0.05) is 12.6 Å². The summed E-state index contributed by atoms with van der Waals surface area (Å²) in [5, 5.41) is 14.0. The third-order valence-corrected chi connectivity index (χ3v) is 3.93. The molecular weight excluding hydrogens is 296 g/mol. The van der Waals surface area contributed by atoms with E-state index in [9.17, 15) is 9.90 Å². The summed E-state index contributed by atoms with van der Waals surface area (Å²) in [4.78, 5) is 14.3. The van der Waals surface area contributed by atoms with Crippen molar-refractivity contribution in [3.63, 3.8) is 0 Å². The van der Waals surface area contributed by atoms with Crippen LogP contribution in [0.1, 0.15) is 22.5 Å². The molecule has 0 bridgehead atoms. The third-order valence-electron chi connectivity index (χ3n) is 3.93. The number of rotatable bonds is 2. The summed E-state index contributed by atoms with van der Waals surface area (Å²) in [6.45, 7) is 0.534. The van der Waals surface area contributed by atoms with E-state index in [-0.39, 0.29) is 17.4 Å². The minimum atomic E-state index is -0.297. The molecule has 0 aliphatic carbocycles. The molecule has 6 nitrogen and oxygen atoms in total. The number of carbonyl (C=O) groups excluding carboxylic acids is 1. The highest BCUT2D eigenvalue weighted by atomic mass is 16.5. The molecule has 0 unspecified atom stereocenters. The first-order valence-corrected chi connectivity index (χ1v) is 7.37. The molecule has 1 N–H and O–H groups in total. The summed E-state index contributed by atoms with van der Waals surface area (Å²) in [5.74, 6) is 0.714. The van der Waals surface area contributed by atoms with Gasteiger partial charge in [0.1, 0.15) is 5.75 Å². The number of furan rings is 1. The highest BCUT2D eigenvalue weighted by molar-refractivity contribution is 6.06. The first-order valence-electron chi connectivity index (χ1n) is 7.37. The number of nitrogens with zero attached hydrogens (tertiary/aromatic N) is 2. The van der Waals surface area contributed by atoms with Crippen molar-refractivity contribution in [1.29, 1.82) is 0 Å². The van der Waals surface area contributed by atoms with Gasteiger partial charge in [-0.05, 0) is 36.6 Å². The molecule has 4 rings (SSSR count). The fraction of sp³-hybridized carbons (Fsp3) is 0.176. The van der Waals surface area contributed by atoms with Gasteiger partial charge in [0.25, 0.3) is 5.91 Å². The van der Waals surface area contributed by atoms with Gasteiger partial charge in [-0.25, -0.2) is 0 Å². The minimum Gasteiger partial charge on any atom is -0.506 e. The average molecular weight is 310 g/mol. The monoisotopic (exact) mass is 310 g/mol. The normalized spacial score (nSPS) is 13.8. The molecule has 0 atom stereocenters. The van der Waals surface area contributed by atoms with Gasteiger partial charge in [-0.15, -0.1) is 0 Å². The van der Waals surface area contributed by atoms with E-state index in [0.29, 0.717) is 23.8 Å². The Morgan fingerprint density at radius 2 is 2.13 bits per heavy atom. The molecule has 0 saturated carbocycles. The van der Waals surface area contributed by atoms with E-state index in [2.05, 4.69) is 5.16 Å². The number of hydrogen-bond acceptors (Lipinski definition) is 5. The number of aryl methyl sites for hydroxylation is 1. The number of amides is 1. The zero-order valence-corrected chi connectivity index (χ0v) is 12.2. The molecule has 3 aromatic rings. The summed E-state index contributed by atoms with van der Waals surface area (Å²) in [5.41, 5.74) is 1.71. The Morgan fingerprint density at radius 1 is 1.22 bits per heavy atom. The second-order valence-electron chi connectivity index (χ2n) is 5.40. The number of aromatic nitrogens is 1. The van der Waals surface area contributed by atoms with Crippen molar-refractivity contribution in [3.05, 3.63) is 53.9 Å². The van der Waals surface area contributed by atoms with Crippen LogP contribution in [0.15, 0.2) is 51.6 Å². The Labute approximate surface area is 131 Å². The summed E-state index contributed by atoms with van der Waals surface area (Å²) in [6.07, 6.45) is 3.20. The van der Waals surface area contributed by atoms with Crippen LogP contribution in [0.3, 0.4) is 0 Å². The second kappa shape index (κ2) is 5.31. The Kier molecular flexibility index (Phi) is 3.15. The topological polar surface area (TPSA) is 79.7 Å². The summed E-state index contributed by atoms with van der Waals surface area (Å²) < 4.78 is 10.4. The van der Waals surface area contributed by atoms with E-state index in [1.807, 2.05) is 6.07 Å². The van der Waals surface area contributed by atoms with Crippen LogP contribution in [0.25, 0.3) is 11.5 Å². The van der Waals surface area contributed by atoms with Crippen LogP contribution < -0.4 is 4.90 Å². The third kappa shape index (κ3) is 2.28. The van der Waals surface area contributed by atoms with Crippen LogP contribution in [0.4, 0.5) is 5.69 Å². The van der Waals surface area contributed by atoms with Crippen molar-refractivity contribution in [3.8, 4) is 17.3 Å². The SMILES string of the molecule is O=C(c1cc(-c2ccco2)on1)N1CCCc2cccc(O)c21. The Hall–Kier alpha value is -3.02. The molecule has 3 heterocycles. The maximum atomic E-state index is 12.8. The molecule has 0 fully saturated rings. The molecule has 0 radical (unpaired) electrons. The standard InChI is InChI=1S/C17H14N2O4/c20-13-6-1-4-11-5-2-8-19(16(11)13)17(21)12-10-15(23-18-12)14-7-3-9-22-14/h1,3-4,6-7,9-10,20H,2,5,8H2. The molecule has 1 aliphatic rings. The maximum absolute atomic E-state index is 12.8. The fourth-order valence-electron chi connectivity index (χ4n) is 2.88. The number of phenols is 1. The predicted octanol–water partition coefficient (Wildman–Crippen LogP) is 3.23. The summed E-state index contributed by atoms with van der Waals surface area (Å²) in [6, 6.07) is 10.3. The van der Waals surface area contributed by atoms with Crippen molar-refractivity contribution in [2.24, 2.45) is 0 Å². The lowest BCUT2D eigenvalue weighted by molar-refractivity contribution is 0.0975. The minimum absolute atomic E-state index is 0.102. The van der Waals surface area contributed by atoms with E-state index >= 15 is 0 Å².